The maximum Gasteiger partial charge on any atom is 0.338 e. The number of nitrogens with one attached hydrogen (secondary N) is 1. The molecule has 0 amide bonds. The van der Waals surface area contributed by atoms with Crippen LogP contribution in [0.25, 0.3) is 0 Å². The number of carbonyl (C=O) groups is 1. The predicted octanol–water partition coefficient (Wildman–Crippen LogP) is 2.42. The van der Waals surface area contributed by atoms with Crippen molar-refractivity contribution < 1.29 is 9.53 Å². The second-order valence-corrected chi connectivity index (χ2v) is 4.98. The molecule has 1 heterocycles. The molecule has 18 heavy (non-hydrogen) atoms. The van der Waals surface area contributed by atoms with Crippen LogP contribution in [0.2, 0.25) is 0 Å². The third kappa shape index (κ3) is 2.13. The summed E-state index contributed by atoms with van der Waals surface area (Å²) in [7, 11) is 0. The molecule has 0 unspecified atom stereocenters. The summed E-state index contributed by atoms with van der Waals surface area (Å²) in [6.07, 6.45) is 2.47. The summed E-state index contributed by atoms with van der Waals surface area (Å²) < 4.78 is 5.05. The standard InChI is InChI=1S/C14H17NO2.ClH/c1-2-17-13(16)10-3-4-11-8-15-9-14(5-6-14)12(11)7-10;/h3-4,7,15H,2,5-6,8-9H2,1H3;1H. The van der Waals surface area contributed by atoms with Crippen LogP contribution in [0, 0.1) is 0 Å². The molecule has 0 atom stereocenters. The summed E-state index contributed by atoms with van der Waals surface area (Å²) >= 11 is 0. The zero-order valence-electron chi connectivity index (χ0n) is 10.5. The maximum absolute atomic E-state index is 11.7. The van der Waals surface area contributed by atoms with Crippen LogP contribution < -0.4 is 5.32 Å². The number of halogens is 1. The lowest BCUT2D eigenvalue weighted by atomic mass is 9.87. The second kappa shape index (κ2) is 4.90. The lowest BCUT2D eigenvalue weighted by Gasteiger charge is -2.26. The molecule has 0 bridgehead atoms. The summed E-state index contributed by atoms with van der Waals surface area (Å²) in [4.78, 5) is 11.7. The van der Waals surface area contributed by atoms with E-state index in [1.165, 1.54) is 24.0 Å². The molecule has 3 nitrogen and oxygen atoms in total. The van der Waals surface area contributed by atoms with Crippen LogP contribution in [0.3, 0.4) is 0 Å². The molecule has 4 heteroatoms. The third-order valence-corrected chi connectivity index (χ3v) is 3.82. The zero-order valence-corrected chi connectivity index (χ0v) is 11.3. The molecule has 1 aromatic rings. The Morgan fingerprint density at radius 2 is 2.22 bits per heavy atom. The molecule has 3 rings (SSSR count). The average molecular weight is 268 g/mol. The van der Waals surface area contributed by atoms with Crippen molar-refractivity contribution in [1.29, 1.82) is 0 Å². The highest BCUT2D eigenvalue weighted by molar-refractivity contribution is 5.89. The Hall–Kier alpha value is -1.06. The molecule has 1 fully saturated rings. The van der Waals surface area contributed by atoms with Crippen LogP contribution in [-0.4, -0.2) is 19.1 Å². The number of carbonyl (C=O) groups excluding carboxylic acids is 1. The fourth-order valence-electron chi connectivity index (χ4n) is 2.69. The fraction of sp³-hybridized carbons (Fsp3) is 0.500. The number of hydrogen-bond acceptors (Lipinski definition) is 3. The topological polar surface area (TPSA) is 38.3 Å². The van der Waals surface area contributed by atoms with E-state index >= 15 is 0 Å². The molecular formula is C14H18ClNO2. The summed E-state index contributed by atoms with van der Waals surface area (Å²) in [5.41, 5.74) is 3.71. The van der Waals surface area contributed by atoms with Gasteiger partial charge in [-0.05, 0) is 43.0 Å². The first kappa shape index (κ1) is 13.4. The van der Waals surface area contributed by atoms with E-state index in [1.54, 1.807) is 0 Å². The number of ether oxygens (including phenoxy) is 1. The van der Waals surface area contributed by atoms with Crippen molar-refractivity contribution in [2.75, 3.05) is 13.2 Å². The van der Waals surface area contributed by atoms with Crippen molar-refractivity contribution in [2.24, 2.45) is 0 Å². The molecule has 1 aliphatic heterocycles. The van der Waals surface area contributed by atoms with Crippen LogP contribution in [0.4, 0.5) is 0 Å². The van der Waals surface area contributed by atoms with Crippen molar-refractivity contribution >= 4 is 18.4 Å². The predicted molar refractivity (Wildman–Crippen MR) is 72.3 cm³/mol. The summed E-state index contributed by atoms with van der Waals surface area (Å²) in [5, 5.41) is 3.45. The van der Waals surface area contributed by atoms with Gasteiger partial charge in [-0.3, -0.25) is 0 Å². The van der Waals surface area contributed by atoms with E-state index in [1.807, 2.05) is 19.1 Å². The molecule has 1 aromatic carbocycles. The number of esters is 1. The minimum absolute atomic E-state index is 0. The third-order valence-electron chi connectivity index (χ3n) is 3.82. The summed E-state index contributed by atoms with van der Waals surface area (Å²) in [5.74, 6) is -0.204. The van der Waals surface area contributed by atoms with Gasteiger partial charge in [0.25, 0.3) is 0 Å². The number of rotatable bonds is 2. The van der Waals surface area contributed by atoms with Crippen LogP contribution >= 0.6 is 12.4 Å². The molecule has 2 aliphatic rings. The molecule has 1 aliphatic carbocycles. The highest BCUT2D eigenvalue weighted by atomic mass is 35.5. The number of fused-ring (bicyclic) bond motifs is 2. The van der Waals surface area contributed by atoms with Crippen molar-refractivity contribution in [1.82, 2.24) is 5.32 Å². The SMILES string of the molecule is CCOC(=O)c1ccc2c(c1)C1(CC1)CNC2.Cl. The van der Waals surface area contributed by atoms with E-state index in [-0.39, 0.29) is 18.4 Å². The molecule has 1 saturated carbocycles. The number of benzene rings is 1. The molecular weight excluding hydrogens is 250 g/mol. The molecule has 98 valence electrons. The van der Waals surface area contributed by atoms with Crippen molar-refractivity contribution in [3.05, 3.63) is 34.9 Å². The lowest BCUT2D eigenvalue weighted by molar-refractivity contribution is 0.0526. The lowest BCUT2D eigenvalue weighted by Crippen LogP contribution is -2.33. The van der Waals surface area contributed by atoms with E-state index in [2.05, 4.69) is 11.4 Å². The quantitative estimate of drug-likeness (QED) is 0.837. The van der Waals surface area contributed by atoms with Crippen molar-refractivity contribution in [2.45, 2.75) is 31.7 Å². The van der Waals surface area contributed by atoms with E-state index in [0.717, 1.165) is 13.1 Å². The highest BCUT2D eigenvalue weighted by Gasteiger charge is 2.46. The highest BCUT2D eigenvalue weighted by Crippen LogP contribution is 2.50. The summed E-state index contributed by atoms with van der Waals surface area (Å²) in [6, 6.07) is 5.98. The second-order valence-electron chi connectivity index (χ2n) is 4.98. The first-order valence-corrected chi connectivity index (χ1v) is 6.26. The van der Waals surface area contributed by atoms with Crippen LogP contribution in [0.5, 0.6) is 0 Å². The average Bonchev–Trinajstić information content (AvgIpc) is 3.10. The Bertz CT molecular complexity index is 469. The smallest absolute Gasteiger partial charge is 0.338 e. The van der Waals surface area contributed by atoms with E-state index in [4.69, 9.17) is 4.74 Å². The van der Waals surface area contributed by atoms with Gasteiger partial charge in [-0.1, -0.05) is 6.07 Å². The van der Waals surface area contributed by atoms with Crippen LogP contribution in [-0.2, 0) is 16.7 Å². The first-order valence-electron chi connectivity index (χ1n) is 6.26. The van der Waals surface area contributed by atoms with Gasteiger partial charge in [0, 0.05) is 18.5 Å². The zero-order chi connectivity index (χ0) is 11.9. The Labute approximate surface area is 113 Å². The van der Waals surface area contributed by atoms with E-state index in [0.29, 0.717) is 17.6 Å². The van der Waals surface area contributed by atoms with Crippen LogP contribution in [0.1, 0.15) is 41.3 Å². The van der Waals surface area contributed by atoms with Crippen molar-refractivity contribution in [3.63, 3.8) is 0 Å². The first-order chi connectivity index (χ1) is 8.25. The van der Waals surface area contributed by atoms with Crippen molar-refractivity contribution in [3.8, 4) is 0 Å². The minimum Gasteiger partial charge on any atom is -0.462 e. The van der Waals surface area contributed by atoms with Gasteiger partial charge in [-0.2, -0.15) is 0 Å². The molecule has 0 saturated heterocycles. The van der Waals surface area contributed by atoms with Gasteiger partial charge in [-0.15, -0.1) is 12.4 Å². The monoisotopic (exact) mass is 267 g/mol. The van der Waals surface area contributed by atoms with Gasteiger partial charge in [0.05, 0.1) is 12.2 Å². The maximum atomic E-state index is 11.7. The van der Waals surface area contributed by atoms with E-state index in [9.17, 15) is 4.79 Å². The van der Waals surface area contributed by atoms with Gasteiger partial charge in [0.15, 0.2) is 0 Å². The number of hydrogen-bond donors (Lipinski definition) is 1. The van der Waals surface area contributed by atoms with Gasteiger partial charge in [-0.25, -0.2) is 4.79 Å². The van der Waals surface area contributed by atoms with Gasteiger partial charge in [0.1, 0.15) is 0 Å². The molecule has 1 spiro atoms. The van der Waals surface area contributed by atoms with Gasteiger partial charge < -0.3 is 10.1 Å². The minimum atomic E-state index is -0.204. The normalized spacial score (nSPS) is 18.7. The Balaban J connectivity index is 0.00000120. The van der Waals surface area contributed by atoms with Gasteiger partial charge in [0.2, 0.25) is 0 Å². The Kier molecular flexibility index (Phi) is 3.64. The molecule has 0 radical (unpaired) electrons. The summed E-state index contributed by atoms with van der Waals surface area (Å²) in [6.45, 7) is 4.23. The fourth-order valence-corrected chi connectivity index (χ4v) is 2.69. The van der Waals surface area contributed by atoms with Crippen LogP contribution in [0.15, 0.2) is 18.2 Å². The molecule has 0 aromatic heterocycles. The Morgan fingerprint density at radius 1 is 1.44 bits per heavy atom. The Morgan fingerprint density at radius 3 is 2.89 bits per heavy atom. The van der Waals surface area contributed by atoms with Gasteiger partial charge >= 0.3 is 5.97 Å². The van der Waals surface area contributed by atoms with E-state index < -0.39 is 0 Å². The largest absolute Gasteiger partial charge is 0.462 e. The molecule has 1 N–H and O–H groups in total.